The Bertz CT molecular complexity index is 802. The van der Waals surface area contributed by atoms with Crippen molar-refractivity contribution < 1.29 is 11.6 Å². The van der Waals surface area contributed by atoms with Crippen LogP contribution in [-0.4, -0.2) is 29.8 Å². The third-order valence-electron chi connectivity index (χ3n) is 4.21. The molecule has 1 saturated heterocycles. The predicted octanol–water partition coefficient (Wildman–Crippen LogP) is 4.71. The van der Waals surface area contributed by atoms with Gasteiger partial charge >= 0.3 is 0 Å². The smallest absolute Gasteiger partial charge is 0.179 e. The number of hydrogen-bond donors (Lipinski definition) is 0. The molecule has 1 fully saturated rings. The summed E-state index contributed by atoms with van der Waals surface area (Å²) in [5, 5.41) is 1.97. The maximum atomic E-state index is 13.2. The second-order valence-corrected chi connectivity index (χ2v) is 5.57. The number of nitrogens with zero attached hydrogens (tertiary/aromatic N) is 1. The maximum Gasteiger partial charge on any atom is 0.179 e. The summed E-state index contributed by atoms with van der Waals surface area (Å²) in [6.45, 7) is -1.36. The van der Waals surface area contributed by atoms with E-state index in [1.165, 1.54) is 0 Å². The van der Waals surface area contributed by atoms with Crippen molar-refractivity contribution in [1.82, 2.24) is 4.90 Å². The Labute approximate surface area is 145 Å². The summed E-state index contributed by atoms with van der Waals surface area (Å²) in [6, 6.07) is 12.4. The Morgan fingerprint density at radius 3 is 2.68 bits per heavy atom. The highest BCUT2D eigenvalue weighted by atomic mass is 35.5. The van der Waals surface area contributed by atoms with Crippen LogP contribution in [0.1, 0.15) is 49.7 Å². The molecule has 0 N–H and O–H groups in total. The van der Waals surface area contributed by atoms with Crippen LogP contribution < -0.4 is 0 Å². The van der Waals surface area contributed by atoms with Gasteiger partial charge in [-0.3, -0.25) is 9.69 Å². The van der Waals surface area contributed by atoms with E-state index in [0.717, 1.165) is 23.6 Å². The van der Waals surface area contributed by atoms with Crippen molar-refractivity contribution in [2.24, 2.45) is 0 Å². The van der Waals surface area contributed by atoms with Crippen LogP contribution in [0.25, 0.3) is 10.8 Å². The quantitative estimate of drug-likeness (QED) is 0.743. The van der Waals surface area contributed by atoms with Crippen LogP contribution in [0.2, 0.25) is 0 Å². The predicted molar refractivity (Wildman–Crippen MR) is 95.0 cm³/mol. The molecule has 2 aromatic rings. The van der Waals surface area contributed by atoms with Gasteiger partial charge in [0.05, 0.1) is 6.04 Å². The van der Waals surface area contributed by atoms with E-state index < -0.39 is 19.3 Å². The lowest BCUT2D eigenvalue weighted by Crippen LogP contribution is -2.39. The molecule has 22 heavy (non-hydrogen) atoms. The van der Waals surface area contributed by atoms with Crippen LogP contribution in [0.5, 0.6) is 0 Å². The van der Waals surface area contributed by atoms with E-state index in [2.05, 4.69) is 0 Å². The highest BCUT2D eigenvalue weighted by molar-refractivity contribution is 6.03. The Hall–Kier alpha value is -1.38. The molecule has 1 aliphatic heterocycles. The van der Waals surface area contributed by atoms with E-state index in [4.69, 9.17) is 6.85 Å². The summed E-state index contributed by atoms with van der Waals surface area (Å²) >= 11 is 0. The first-order valence-corrected chi connectivity index (χ1v) is 7.46. The molecule has 0 aromatic heterocycles. The number of rotatable bonds is 5. The fourth-order valence-electron chi connectivity index (χ4n) is 3.07. The molecule has 0 saturated carbocycles. The zero-order chi connectivity index (χ0) is 18.9. The maximum absolute atomic E-state index is 13.2. The second-order valence-electron chi connectivity index (χ2n) is 5.57. The van der Waals surface area contributed by atoms with Gasteiger partial charge in [-0.05, 0) is 49.2 Å². The summed E-state index contributed by atoms with van der Waals surface area (Å²) in [7, 11) is 0. The molecule has 0 bridgehead atoms. The minimum atomic E-state index is -2.76. The van der Waals surface area contributed by atoms with Crippen molar-refractivity contribution in [3.05, 3.63) is 48.0 Å². The molecule has 1 atom stereocenters. The fourth-order valence-corrected chi connectivity index (χ4v) is 3.07. The zero-order valence-corrected chi connectivity index (χ0v) is 13.2. The molecule has 0 spiro atoms. The van der Waals surface area contributed by atoms with Crippen LogP contribution in [0.15, 0.2) is 42.5 Å². The van der Waals surface area contributed by atoms with Crippen molar-refractivity contribution in [3.8, 4) is 0 Å². The largest absolute Gasteiger partial charge is 0.293 e. The van der Waals surface area contributed by atoms with Crippen LogP contribution in [0, 0.1) is 0 Å². The lowest BCUT2D eigenvalue weighted by molar-refractivity contribution is 0.0837. The first-order valence-electron chi connectivity index (χ1n) is 9.96. The topological polar surface area (TPSA) is 20.3 Å². The van der Waals surface area contributed by atoms with Crippen LogP contribution in [-0.2, 0) is 0 Å². The number of carbonyl (C=O) groups is 1. The van der Waals surface area contributed by atoms with E-state index in [9.17, 15) is 4.79 Å². The van der Waals surface area contributed by atoms with Crippen LogP contribution in [0.4, 0.5) is 0 Å². The Morgan fingerprint density at radius 1 is 1.23 bits per heavy atom. The van der Waals surface area contributed by atoms with E-state index in [1.807, 2.05) is 41.3 Å². The molecular weight excluding hydrogens is 294 g/mol. The van der Waals surface area contributed by atoms with Crippen molar-refractivity contribution >= 4 is 29.0 Å². The van der Waals surface area contributed by atoms with Gasteiger partial charge in [-0.1, -0.05) is 49.6 Å². The van der Waals surface area contributed by atoms with Gasteiger partial charge in [-0.15, -0.1) is 12.4 Å². The van der Waals surface area contributed by atoms with E-state index in [0.29, 0.717) is 18.7 Å². The third kappa shape index (κ3) is 3.50. The summed E-state index contributed by atoms with van der Waals surface area (Å²) in [6.07, 6.45) is -0.849. The van der Waals surface area contributed by atoms with Crippen LogP contribution in [0.3, 0.4) is 0 Å². The average molecular weight is 323 g/mol. The normalized spacial score (nSPS) is 21.0. The molecule has 2 nitrogen and oxygen atoms in total. The Balaban J connectivity index is 0.00000261. The Morgan fingerprint density at radius 2 is 1.95 bits per heavy atom. The van der Waals surface area contributed by atoms with E-state index in [-0.39, 0.29) is 24.6 Å². The zero-order valence-electron chi connectivity index (χ0n) is 17.4. The van der Waals surface area contributed by atoms with Gasteiger partial charge in [-0.25, -0.2) is 0 Å². The fraction of sp³-hybridized carbons (Fsp3) is 0.421. The van der Waals surface area contributed by atoms with Gasteiger partial charge in [-0.2, -0.15) is 0 Å². The first-order chi connectivity index (χ1) is 12.2. The Kier molecular flexibility index (Phi) is 3.95. The minimum absolute atomic E-state index is 0. The molecule has 1 aliphatic rings. The van der Waals surface area contributed by atoms with Crippen molar-refractivity contribution in [2.45, 2.75) is 38.5 Å². The molecule has 0 aliphatic carbocycles. The molecule has 1 unspecified atom stereocenters. The monoisotopic (exact) mass is 322 g/mol. The summed E-state index contributed by atoms with van der Waals surface area (Å²) in [4.78, 5) is 15.1. The molecule has 3 heteroatoms. The number of likely N-dealkylation sites (tertiary alicyclic amines) is 1. The highest BCUT2D eigenvalue weighted by Crippen LogP contribution is 2.22. The minimum Gasteiger partial charge on any atom is -0.293 e. The average Bonchev–Trinajstić information content (AvgIpc) is 3.12. The summed E-state index contributed by atoms with van der Waals surface area (Å²) in [5.74, 6) is -0.203. The number of carbonyl (C=O) groups excluding carboxylic acids is 1. The molecular formula is C19H24ClNO. The van der Waals surface area contributed by atoms with Crippen molar-refractivity contribution in [1.29, 1.82) is 0 Å². The number of Topliss-reactive ketones (excluding diaryl/α,β-unsaturated/α-hetero) is 1. The lowest BCUT2D eigenvalue weighted by atomic mass is 9.97. The van der Waals surface area contributed by atoms with Gasteiger partial charge in [0.2, 0.25) is 0 Å². The number of benzene rings is 2. The molecule has 0 radical (unpaired) electrons. The molecule has 118 valence electrons. The number of halogens is 1. The standard InChI is InChI=1S/C19H23NO.ClH/c1-2-7-18(20-12-5-6-13-20)19(21)17-11-10-15-8-3-4-9-16(15)14-17;/h3-4,8-11,14,18H,2,5-7,12-13H2,1H3;1H/i1D3,2D2;. The number of ketones is 1. The summed E-state index contributed by atoms with van der Waals surface area (Å²) < 4.78 is 38.4. The number of fused-ring (bicyclic) bond motifs is 1. The van der Waals surface area contributed by atoms with Crippen molar-refractivity contribution in [3.63, 3.8) is 0 Å². The lowest BCUT2D eigenvalue weighted by Gasteiger charge is -2.26. The SMILES string of the molecule is Cl.[2H]C([2H])([2H])C([2H])([2H])CC(C(=O)c1ccc2ccccc2c1)N1CCCC1. The highest BCUT2D eigenvalue weighted by Gasteiger charge is 2.28. The van der Waals surface area contributed by atoms with E-state index in [1.54, 1.807) is 6.07 Å². The molecule has 2 aromatic carbocycles. The van der Waals surface area contributed by atoms with Crippen LogP contribution >= 0.6 is 12.4 Å². The van der Waals surface area contributed by atoms with Gasteiger partial charge in [0.25, 0.3) is 0 Å². The van der Waals surface area contributed by atoms with Gasteiger partial charge < -0.3 is 0 Å². The third-order valence-corrected chi connectivity index (χ3v) is 4.21. The van der Waals surface area contributed by atoms with Gasteiger partial charge in [0.15, 0.2) is 5.78 Å². The van der Waals surface area contributed by atoms with Crippen molar-refractivity contribution in [2.75, 3.05) is 13.1 Å². The second kappa shape index (κ2) is 7.75. The molecule has 0 amide bonds. The molecule has 1 heterocycles. The van der Waals surface area contributed by atoms with Gasteiger partial charge in [0, 0.05) is 12.4 Å². The number of hydrogen-bond acceptors (Lipinski definition) is 2. The first kappa shape index (κ1) is 11.2. The summed E-state index contributed by atoms with van der Waals surface area (Å²) in [5.41, 5.74) is 0.502. The van der Waals surface area contributed by atoms with E-state index >= 15 is 0 Å². The molecule has 3 rings (SSSR count). The van der Waals surface area contributed by atoms with Gasteiger partial charge in [0.1, 0.15) is 0 Å².